The van der Waals surface area contributed by atoms with Crippen molar-refractivity contribution >= 4 is 0 Å². The number of hydrogen-bond donors (Lipinski definition) is 1. The van der Waals surface area contributed by atoms with Crippen LogP contribution >= 0.6 is 0 Å². The Morgan fingerprint density at radius 3 is 2.72 bits per heavy atom. The fourth-order valence-electron chi connectivity index (χ4n) is 2.48. The van der Waals surface area contributed by atoms with E-state index in [0.717, 1.165) is 18.1 Å². The van der Waals surface area contributed by atoms with Crippen LogP contribution in [0.4, 0.5) is 0 Å². The largest absolute Gasteiger partial charge is 0.319 e. The SMILES string of the molecule is CNCC(C)c1c(C)nn(-c2ccccn2)c1C. The minimum atomic E-state index is 0.451. The summed E-state index contributed by atoms with van der Waals surface area (Å²) in [5.74, 6) is 1.33. The maximum absolute atomic E-state index is 4.61. The van der Waals surface area contributed by atoms with Crippen molar-refractivity contribution in [2.24, 2.45) is 0 Å². The Bertz CT molecular complexity index is 516. The van der Waals surface area contributed by atoms with E-state index < -0.39 is 0 Å². The molecule has 0 aliphatic carbocycles. The number of hydrogen-bond acceptors (Lipinski definition) is 3. The third kappa shape index (κ3) is 2.29. The molecule has 2 aromatic heterocycles. The number of rotatable bonds is 4. The molecule has 0 fully saturated rings. The molecule has 1 unspecified atom stereocenters. The average Bonchev–Trinajstić information content (AvgIpc) is 2.66. The molecular weight excluding hydrogens is 224 g/mol. The van der Waals surface area contributed by atoms with E-state index in [2.05, 4.69) is 36.2 Å². The van der Waals surface area contributed by atoms with Crippen LogP contribution in [0.15, 0.2) is 24.4 Å². The predicted molar refractivity (Wildman–Crippen MR) is 73.2 cm³/mol. The van der Waals surface area contributed by atoms with Crippen LogP contribution < -0.4 is 5.32 Å². The Morgan fingerprint density at radius 2 is 2.11 bits per heavy atom. The Kier molecular flexibility index (Phi) is 3.77. The summed E-state index contributed by atoms with van der Waals surface area (Å²) >= 11 is 0. The topological polar surface area (TPSA) is 42.7 Å². The van der Waals surface area contributed by atoms with E-state index in [1.807, 2.05) is 29.9 Å². The highest BCUT2D eigenvalue weighted by molar-refractivity contribution is 5.34. The highest BCUT2D eigenvalue weighted by Crippen LogP contribution is 2.24. The van der Waals surface area contributed by atoms with E-state index in [-0.39, 0.29) is 0 Å². The smallest absolute Gasteiger partial charge is 0.153 e. The van der Waals surface area contributed by atoms with Crippen LogP contribution in [0.3, 0.4) is 0 Å². The van der Waals surface area contributed by atoms with E-state index in [4.69, 9.17) is 0 Å². The first kappa shape index (κ1) is 12.8. The van der Waals surface area contributed by atoms with Crippen molar-refractivity contribution in [3.63, 3.8) is 0 Å². The van der Waals surface area contributed by atoms with E-state index in [0.29, 0.717) is 5.92 Å². The fraction of sp³-hybridized carbons (Fsp3) is 0.429. The number of nitrogens with zero attached hydrogens (tertiary/aromatic N) is 3. The molecule has 2 aromatic rings. The van der Waals surface area contributed by atoms with Crippen molar-refractivity contribution in [2.45, 2.75) is 26.7 Å². The van der Waals surface area contributed by atoms with E-state index in [9.17, 15) is 0 Å². The van der Waals surface area contributed by atoms with Crippen LogP contribution in [0.1, 0.15) is 29.8 Å². The molecule has 0 amide bonds. The molecule has 0 aliphatic rings. The number of pyridine rings is 1. The maximum atomic E-state index is 4.61. The summed E-state index contributed by atoms with van der Waals surface area (Å²) in [6.45, 7) is 7.34. The van der Waals surface area contributed by atoms with E-state index in [1.54, 1.807) is 6.20 Å². The van der Waals surface area contributed by atoms with Crippen molar-refractivity contribution < 1.29 is 0 Å². The molecule has 1 N–H and O–H groups in total. The van der Waals surface area contributed by atoms with Crippen molar-refractivity contribution in [3.05, 3.63) is 41.3 Å². The monoisotopic (exact) mass is 244 g/mol. The normalized spacial score (nSPS) is 12.7. The molecule has 0 aromatic carbocycles. The summed E-state index contributed by atoms with van der Waals surface area (Å²) in [6.07, 6.45) is 1.79. The van der Waals surface area contributed by atoms with Crippen LogP contribution in [-0.2, 0) is 0 Å². The fourth-order valence-corrected chi connectivity index (χ4v) is 2.48. The Labute approximate surface area is 108 Å². The second kappa shape index (κ2) is 5.31. The van der Waals surface area contributed by atoms with Gasteiger partial charge in [0.1, 0.15) is 0 Å². The standard InChI is InChI=1S/C14H20N4/c1-10(9-15-4)14-11(2)17-18(12(14)3)13-7-5-6-8-16-13/h5-8,10,15H,9H2,1-4H3. The second-order valence-corrected chi connectivity index (χ2v) is 4.64. The zero-order chi connectivity index (χ0) is 13.1. The lowest BCUT2D eigenvalue weighted by molar-refractivity contribution is 0.670. The molecule has 2 heterocycles. The first-order valence-corrected chi connectivity index (χ1v) is 6.27. The number of likely N-dealkylation sites (N-methyl/N-ethyl adjacent to an activating group) is 1. The van der Waals surface area contributed by atoms with Gasteiger partial charge in [0, 0.05) is 24.0 Å². The van der Waals surface area contributed by atoms with Crippen LogP contribution in [-0.4, -0.2) is 28.4 Å². The van der Waals surface area contributed by atoms with E-state index in [1.165, 1.54) is 11.3 Å². The van der Waals surface area contributed by atoms with Gasteiger partial charge in [-0.2, -0.15) is 5.10 Å². The zero-order valence-electron chi connectivity index (χ0n) is 11.4. The molecular formula is C14H20N4. The van der Waals surface area contributed by atoms with Crippen LogP contribution in [0.5, 0.6) is 0 Å². The summed E-state index contributed by atoms with van der Waals surface area (Å²) in [5, 5.41) is 7.83. The lowest BCUT2D eigenvalue weighted by Gasteiger charge is -2.11. The maximum Gasteiger partial charge on any atom is 0.153 e. The molecule has 18 heavy (non-hydrogen) atoms. The van der Waals surface area contributed by atoms with Gasteiger partial charge in [-0.1, -0.05) is 13.0 Å². The van der Waals surface area contributed by atoms with Crippen molar-refractivity contribution in [2.75, 3.05) is 13.6 Å². The van der Waals surface area contributed by atoms with Gasteiger partial charge in [-0.3, -0.25) is 0 Å². The third-order valence-electron chi connectivity index (χ3n) is 3.22. The minimum absolute atomic E-state index is 0.451. The molecule has 0 radical (unpaired) electrons. The highest BCUT2D eigenvalue weighted by atomic mass is 15.3. The molecule has 96 valence electrons. The van der Waals surface area contributed by atoms with Gasteiger partial charge >= 0.3 is 0 Å². The quantitative estimate of drug-likeness (QED) is 0.896. The predicted octanol–water partition coefficient (Wildman–Crippen LogP) is 2.21. The first-order valence-electron chi connectivity index (χ1n) is 6.27. The van der Waals surface area contributed by atoms with E-state index >= 15 is 0 Å². The Balaban J connectivity index is 2.44. The van der Waals surface area contributed by atoms with Crippen LogP contribution in [0.2, 0.25) is 0 Å². The summed E-state index contributed by atoms with van der Waals surface area (Å²) in [5.41, 5.74) is 3.57. The zero-order valence-corrected chi connectivity index (χ0v) is 11.4. The molecule has 4 heteroatoms. The molecule has 0 spiro atoms. The third-order valence-corrected chi connectivity index (χ3v) is 3.22. The number of aromatic nitrogens is 3. The van der Waals surface area contributed by atoms with Gasteiger partial charge in [-0.25, -0.2) is 9.67 Å². The minimum Gasteiger partial charge on any atom is -0.319 e. The van der Waals surface area contributed by atoms with Gasteiger partial charge < -0.3 is 5.32 Å². The van der Waals surface area contributed by atoms with Gasteiger partial charge in [0.25, 0.3) is 0 Å². The lowest BCUT2D eigenvalue weighted by atomic mass is 9.99. The molecule has 4 nitrogen and oxygen atoms in total. The highest BCUT2D eigenvalue weighted by Gasteiger charge is 2.17. The molecule has 2 rings (SSSR count). The molecule has 0 aliphatic heterocycles. The summed E-state index contributed by atoms with van der Waals surface area (Å²) < 4.78 is 1.93. The van der Waals surface area contributed by atoms with Crippen molar-refractivity contribution in [3.8, 4) is 5.82 Å². The Hall–Kier alpha value is -1.68. The summed E-state index contributed by atoms with van der Waals surface area (Å²) in [4.78, 5) is 4.35. The van der Waals surface area contributed by atoms with Gasteiger partial charge in [-0.05, 0) is 38.9 Å². The average molecular weight is 244 g/mol. The van der Waals surface area contributed by atoms with Gasteiger partial charge in [0.05, 0.1) is 5.69 Å². The first-order chi connectivity index (χ1) is 8.65. The van der Waals surface area contributed by atoms with Crippen molar-refractivity contribution in [1.82, 2.24) is 20.1 Å². The molecule has 1 atom stereocenters. The van der Waals surface area contributed by atoms with Crippen molar-refractivity contribution in [1.29, 1.82) is 0 Å². The number of nitrogens with one attached hydrogen (secondary N) is 1. The van der Waals surface area contributed by atoms with Gasteiger partial charge in [-0.15, -0.1) is 0 Å². The Morgan fingerprint density at radius 1 is 1.33 bits per heavy atom. The number of aryl methyl sites for hydroxylation is 1. The second-order valence-electron chi connectivity index (χ2n) is 4.64. The van der Waals surface area contributed by atoms with Crippen LogP contribution in [0, 0.1) is 13.8 Å². The van der Waals surface area contributed by atoms with Crippen LogP contribution in [0.25, 0.3) is 5.82 Å². The lowest BCUT2D eigenvalue weighted by Crippen LogP contribution is -2.15. The summed E-state index contributed by atoms with van der Waals surface area (Å²) in [7, 11) is 1.98. The molecule has 0 bridgehead atoms. The summed E-state index contributed by atoms with van der Waals surface area (Å²) in [6, 6.07) is 5.88. The van der Waals surface area contributed by atoms with Gasteiger partial charge in [0.2, 0.25) is 0 Å². The molecule has 0 saturated carbocycles. The van der Waals surface area contributed by atoms with Gasteiger partial charge in [0.15, 0.2) is 5.82 Å². The molecule has 0 saturated heterocycles.